The van der Waals surface area contributed by atoms with Crippen LogP contribution >= 0.6 is 27.5 Å². The number of hydrogen-bond donors (Lipinski definition) is 0. The summed E-state index contributed by atoms with van der Waals surface area (Å²) in [5.74, 6) is 0. The Morgan fingerprint density at radius 2 is 1.84 bits per heavy atom. The van der Waals surface area contributed by atoms with Crippen LogP contribution in [0.15, 0.2) is 15.7 Å². The van der Waals surface area contributed by atoms with Gasteiger partial charge in [0, 0.05) is 7.05 Å². The van der Waals surface area contributed by atoms with E-state index in [4.69, 9.17) is 11.6 Å². The van der Waals surface area contributed by atoms with Crippen LogP contribution in [-0.4, -0.2) is 25.8 Å². The third kappa shape index (κ3) is 3.28. The topological polar surface area (TPSA) is 25.2 Å². The van der Waals surface area contributed by atoms with Gasteiger partial charge in [0.05, 0.1) is 18.8 Å². The van der Waals surface area contributed by atoms with Crippen LogP contribution in [-0.2, 0) is 0 Å². The molecule has 0 spiro atoms. The van der Waals surface area contributed by atoms with Gasteiger partial charge in [0.15, 0.2) is 0 Å². The molecule has 5 heteroatoms. The van der Waals surface area contributed by atoms with Crippen LogP contribution in [0, 0.1) is 0 Å². The van der Waals surface area contributed by atoms with Crippen LogP contribution in [0.2, 0.25) is 23.2 Å². The molecule has 19 heavy (non-hydrogen) atoms. The van der Waals surface area contributed by atoms with Gasteiger partial charge in [-0.25, -0.2) is 4.98 Å². The summed E-state index contributed by atoms with van der Waals surface area (Å²) in [6.45, 7) is 8.80. The van der Waals surface area contributed by atoms with E-state index in [1.165, 1.54) is 23.3 Å². The molecule has 2 nitrogen and oxygen atoms in total. The van der Waals surface area contributed by atoms with Gasteiger partial charge in [0.2, 0.25) is 0 Å². The summed E-state index contributed by atoms with van der Waals surface area (Å²) in [6.07, 6.45) is 0. The normalized spacial score (nSPS) is 12.9. The molecule has 0 fully saturated rings. The molecule has 0 amide bonds. The first kappa shape index (κ1) is 16.9. The van der Waals surface area contributed by atoms with Crippen molar-refractivity contribution in [3.05, 3.63) is 21.4 Å². The van der Waals surface area contributed by atoms with Gasteiger partial charge in [-0.1, -0.05) is 50.5 Å². The van der Waals surface area contributed by atoms with Crippen molar-refractivity contribution in [3.8, 4) is 0 Å². The fourth-order valence-electron chi connectivity index (χ4n) is 2.55. The molecule has 0 aliphatic heterocycles. The summed E-state index contributed by atoms with van der Waals surface area (Å²) < 4.78 is 0.858. The van der Waals surface area contributed by atoms with Gasteiger partial charge in [-0.2, -0.15) is 0 Å². The molecule has 0 aromatic carbocycles. The third-order valence-corrected chi connectivity index (χ3v) is 10.8. The first-order valence-corrected chi connectivity index (χ1v) is 10.5. The van der Waals surface area contributed by atoms with Crippen molar-refractivity contribution in [1.29, 1.82) is 0 Å². The van der Waals surface area contributed by atoms with Gasteiger partial charge in [-0.3, -0.25) is 4.99 Å². The maximum absolute atomic E-state index is 6.65. The lowest BCUT2D eigenvalue weighted by Crippen LogP contribution is -2.47. The van der Waals surface area contributed by atoms with E-state index in [0.29, 0.717) is 0 Å². The Bertz CT molecular complexity index is 476. The van der Waals surface area contributed by atoms with E-state index in [9.17, 15) is 0 Å². The van der Waals surface area contributed by atoms with Gasteiger partial charge in [0.25, 0.3) is 0 Å². The molecule has 0 bridgehead atoms. The van der Waals surface area contributed by atoms with Crippen molar-refractivity contribution in [3.63, 3.8) is 0 Å². The molecule has 1 rings (SSSR count). The molecular formula is C14H22BrClN2Si. The number of aromatic nitrogens is 1. The van der Waals surface area contributed by atoms with Crippen LogP contribution in [0.25, 0.3) is 0 Å². The highest BCUT2D eigenvalue weighted by Crippen LogP contribution is 2.27. The standard InChI is InChI=1S/C14H22BrClN2Si/c1-6-19(7-2,8-3)11-9-12(15)18-14(13(11)16)10(4)17-5/h9H,6-8H2,1-5H3/b17-10+. The largest absolute Gasteiger partial charge is 0.291 e. The van der Waals surface area contributed by atoms with Crippen LogP contribution in [0.3, 0.4) is 0 Å². The fourth-order valence-corrected chi connectivity index (χ4v) is 7.67. The van der Waals surface area contributed by atoms with Crippen LogP contribution in [0.5, 0.6) is 0 Å². The number of rotatable bonds is 5. The number of pyridine rings is 1. The van der Waals surface area contributed by atoms with E-state index in [-0.39, 0.29) is 0 Å². The van der Waals surface area contributed by atoms with E-state index < -0.39 is 8.07 Å². The molecule has 0 unspecified atom stereocenters. The average molecular weight is 362 g/mol. The fraction of sp³-hybridized carbons (Fsp3) is 0.571. The smallest absolute Gasteiger partial charge is 0.106 e. The molecule has 0 atom stereocenters. The number of hydrogen-bond acceptors (Lipinski definition) is 2. The lowest BCUT2D eigenvalue weighted by atomic mass is 10.2. The molecule has 1 aromatic rings. The molecule has 0 aliphatic rings. The summed E-state index contributed by atoms with van der Waals surface area (Å²) in [6, 6.07) is 5.74. The van der Waals surface area contributed by atoms with Gasteiger partial charge < -0.3 is 0 Å². The van der Waals surface area contributed by atoms with Crippen molar-refractivity contribution in [2.45, 2.75) is 45.8 Å². The predicted octanol–water partition coefficient (Wildman–Crippen LogP) is 4.65. The van der Waals surface area contributed by atoms with E-state index in [1.807, 2.05) is 6.92 Å². The molecule has 0 saturated heterocycles. The van der Waals surface area contributed by atoms with Crippen LogP contribution < -0.4 is 5.19 Å². The summed E-state index contributed by atoms with van der Waals surface area (Å²) in [7, 11) is 0.259. The first-order valence-electron chi connectivity index (χ1n) is 6.76. The average Bonchev–Trinajstić information content (AvgIpc) is 2.43. The number of aliphatic imine (C=N–C) groups is 1. The van der Waals surface area contributed by atoms with Gasteiger partial charge in [-0.05, 0) is 34.1 Å². The first-order chi connectivity index (χ1) is 8.95. The Hall–Kier alpha value is -0.193. The van der Waals surface area contributed by atoms with Crippen molar-refractivity contribution < 1.29 is 0 Å². The summed E-state index contributed by atoms with van der Waals surface area (Å²) in [5, 5.41) is 2.13. The minimum absolute atomic E-state index is 0.809. The maximum atomic E-state index is 6.65. The third-order valence-electron chi connectivity index (χ3n) is 4.21. The van der Waals surface area contributed by atoms with E-state index in [0.717, 1.165) is 21.0 Å². The van der Waals surface area contributed by atoms with E-state index in [2.05, 4.69) is 52.7 Å². The van der Waals surface area contributed by atoms with Crippen molar-refractivity contribution in [2.24, 2.45) is 4.99 Å². The molecule has 0 radical (unpaired) electrons. The number of nitrogens with zero attached hydrogens (tertiary/aromatic N) is 2. The molecule has 0 aliphatic carbocycles. The highest BCUT2D eigenvalue weighted by Gasteiger charge is 2.33. The minimum atomic E-state index is -1.52. The molecule has 1 aromatic heterocycles. The second-order valence-corrected chi connectivity index (χ2v) is 11.2. The van der Waals surface area contributed by atoms with Gasteiger partial charge in [-0.15, -0.1) is 0 Å². The summed E-state index contributed by atoms with van der Waals surface area (Å²) in [5.41, 5.74) is 1.71. The highest BCUT2D eigenvalue weighted by atomic mass is 79.9. The number of halogens is 2. The Kier molecular flexibility index (Phi) is 6.21. The lowest BCUT2D eigenvalue weighted by molar-refractivity contribution is 1.18. The monoisotopic (exact) mass is 360 g/mol. The molecule has 0 N–H and O–H groups in total. The SMILES string of the molecule is CC[Si](CC)(CC)c1cc(Br)nc(/C(C)=N/C)c1Cl. The zero-order chi connectivity index (χ0) is 14.6. The Labute approximate surface area is 130 Å². The lowest BCUT2D eigenvalue weighted by Gasteiger charge is -2.30. The second kappa shape index (κ2) is 7.00. The Balaban J connectivity index is 3.56. The second-order valence-electron chi connectivity index (χ2n) is 4.81. The molecule has 106 valence electrons. The Morgan fingerprint density at radius 1 is 1.32 bits per heavy atom. The van der Waals surface area contributed by atoms with Crippen LogP contribution in [0.1, 0.15) is 33.4 Å². The van der Waals surface area contributed by atoms with Crippen molar-refractivity contribution in [1.82, 2.24) is 4.98 Å². The highest BCUT2D eigenvalue weighted by molar-refractivity contribution is 9.10. The predicted molar refractivity (Wildman–Crippen MR) is 91.9 cm³/mol. The summed E-state index contributed by atoms with van der Waals surface area (Å²) in [4.78, 5) is 8.72. The van der Waals surface area contributed by atoms with Gasteiger partial charge in [0.1, 0.15) is 10.3 Å². The molecule has 0 saturated carbocycles. The Morgan fingerprint density at radius 3 is 2.26 bits per heavy atom. The zero-order valence-electron chi connectivity index (χ0n) is 12.3. The van der Waals surface area contributed by atoms with Crippen LogP contribution in [0.4, 0.5) is 0 Å². The zero-order valence-corrected chi connectivity index (χ0v) is 15.7. The summed E-state index contributed by atoms with van der Waals surface area (Å²) >= 11 is 10.2. The van der Waals surface area contributed by atoms with Crippen molar-refractivity contribution in [2.75, 3.05) is 7.05 Å². The molecular weight excluding hydrogens is 340 g/mol. The van der Waals surface area contributed by atoms with Gasteiger partial charge >= 0.3 is 0 Å². The van der Waals surface area contributed by atoms with Crippen molar-refractivity contribution >= 4 is 46.5 Å². The minimum Gasteiger partial charge on any atom is -0.291 e. The van der Waals surface area contributed by atoms with E-state index in [1.54, 1.807) is 7.05 Å². The van der Waals surface area contributed by atoms with E-state index >= 15 is 0 Å². The quantitative estimate of drug-likeness (QED) is 0.425. The molecule has 1 heterocycles. The maximum Gasteiger partial charge on any atom is 0.106 e.